The van der Waals surface area contributed by atoms with E-state index in [4.69, 9.17) is 9.47 Å². The number of thioether (sulfide) groups is 1. The molecule has 0 amide bonds. The molecule has 0 unspecified atom stereocenters. The zero-order valence-electron chi connectivity index (χ0n) is 18.6. The van der Waals surface area contributed by atoms with Gasteiger partial charge in [-0.15, -0.1) is 4.91 Å². The van der Waals surface area contributed by atoms with Crippen LogP contribution in [-0.4, -0.2) is 25.2 Å². The lowest BCUT2D eigenvalue weighted by Gasteiger charge is -2.23. The molecule has 0 saturated heterocycles. The number of nitroso groups, excluding NO2 is 1. The lowest BCUT2D eigenvalue weighted by molar-refractivity contribution is 0.388. The van der Waals surface area contributed by atoms with E-state index in [1.54, 1.807) is 26.4 Å². The average molecular weight is 433 g/mol. The molecule has 7 heteroatoms. The fraction of sp³-hybridized carbons (Fsp3) is 0.478. The molecule has 2 aromatic carbocycles. The van der Waals surface area contributed by atoms with Crippen molar-refractivity contribution in [3.63, 3.8) is 0 Å². The van der Waals surface area contributed by atoms with Gasteiger partial charge in [-0.25, -0.2) is 0 Å². The number of nitrogens with one attached hydrogen (secondary N) is 1. The predicted octanol–water partition coefficient (Wildman–Crippen LogP) is 7.23. The van der Waals surface area contributed by atoms with Crippen molar-refractivity contribution in [3.05, 3.63) is 40.3 Å². The molecule has 0 heterocycles. The maximum absolute atomic E-state index is 11.6. The SMILES string of the molecule is COc1cc([C@H](CC=C(C)C)SCCC(C)C)c(OC)c2c(N=O)ccc(NO)c12. The van der Waals surface area contributed by atoms with Gasteiger partial charge in [0.05, 0.1) is 30.7 Å². The van der Waals surface area contributed by atoms with Crippen LogP contribution in [0.3, 0.4) is 0 Å². The summed E-state index contributed by atoms with van der Waals surface area (Å²) >= 11 is 1.87. The number of allylic oxidation sites excluding steroid dienone is 2. The molecule has 6 nitrogen and oxygen atoms in total. The Morgan fingerprint density at radius 2 is 1.97 bits per heavy atom. The summed E-state index contributed by atoms with van der Waals surface area (Å²) < 4.78 is 11.5. The highest BCUT2D eigenvalue weighted by Crippen LogP contribution is 2.50. The Morgan fingerprint density at radius 1 is 1.23 bits per heavy atom. The highest BCUT2D eigenvalue weighted by Gasteiger charge is 2.25. The molecule has 0 aliphatic carbocycles. The summed E-state index contributed by atoms with van der Waals surface area (Å²) in [5.41, 5.74) is 5.06. The number of nitrogens with zero attached hydrogens (tertiary/aromatic N) is 1. The summed E-state index contributed by atoms with van der Waals surface area (Å²) in [6.07, 6.45) is 4.16. The quantitative estimate of drug-likeness (QED) is 0.221. The maximum atomic E-state index is 11.6. The van der Waals surface area contributed by atoms with Gasteiger partial charge in [0.1, 0.15) is 17.2 Å². The third kappa shape index (κ3) is 5.46. The molecule has 0 aliphatic heterocycles. The minimum Gasteiger partial charge on any atom is -0.496 e. The van der Waals surface area contributed by atoms with Crippen molar-refractivity contribution in [3.8, 4) is 11.5 Å². The molecule has 0 aromatic heterocycles. The van der Waals surface area contributed by atoms with Crippen LogP contribution in [0.2, 0.25) is 0 Å². The van der Waals surface area contributed by atoms with E-state index in [1.807, 2.05) is 17.8 Å². The van der Waals surface area contributed by atoms with Gasteiger partial charge in [0.25, 0.3) is 0 Å². The van der Waals surface area contributed by atoms with Crippen LogP contribution in [0.1, 0.15) is 51.3 Å². The summed E-state index contributed by atoms with van der Waals surface area (Å²) in [6.45, 7) is 8.61. The molecule has 1 atom stereocenters. The zero-order valence-corrected chi connectivity index (χ0v) is 19.4. The number of benzene rings is 2. The highest BCUT2D eigenvalue weighted by molar-refractivity contribution is 7.99. The largest absolute Gasteiger partial charge is 0.496 e. The minimum atomic E-state index is 0.122. The first-order chi connectivity index (χ1) is 14.4. The van der Waals surface area contributed by atoms with Crippen molar-refractivity contribution in [1.82, 2.24) is 0 Å². The van der Waals surface area contributed by atoms with Gasteiger partial charge in [-0.2, -0.15) is 11.8 Å². The second-order valence-electron chi connectivity index (χ2n) is 7.85. The van der Waals surface area contributed by atoms with Crippen LogP contribution in [-0.2, 0) is 0 Å². The van der Waals surface area contributed by atoms with E-state index in [9.17, 15) is 10.1 Å². The minimum absolute atomic E-state index is 0.122. The number of hydrogen-bond donors (Lipinski definition) is 2. The summed E-state index contributed by atoms with van der Waals surface area (Å²) in [5, 5.41) is 14.0. The number of hydrogen-bond acceptors (Lipinski definition) is 7. The van der Waals surface area contributed by atoms with Crippen LogP contribution in [0.5, 0.6) is 11.5 Å². The van der Waals surface area contributed by atoms with Crippen molar-refractivity contribution in [2.24, 2.45) is 11.1 Å². The fourth-order valence-electron chi connectivity index (χ4n) is 3.36. The topological polar surface area (TPSA) is 80.2 Å². The van der Waals surface area contributed by atoms with E-state index in [0.717, 1.165) is 24.2 Å². The summed E-state index contributed by atoms with van der Waals surface area (Å²) in [7, 11) is 3.17. The normalized spacial score (nSPS) is 12.0. The highest BCUT2D eigenvalue weighted by atomic mass is 32.2. The Hall–Kier alpha value is -2.25. The van der Waals surface area contributed by atoms with Gasteiger partial charge in [-0.1, -0.05) is 25.5 Å². The predicted molar refractivity (Wildman–Crippen MR) is 127 cm³/mol. The van der Waals surface area contributed by atoms with Crippen molar-refractivity contribution >= 4 is 33.9 Å². The second-order valence-corrected chi connectivity index (χ2v) is 9.16. The summed E-state index contributed by atoms with van der Waals surface area (Å²) in [6, 6.07) is 5.11. The zero-order chi connectivity index (χ0) is 22.3. The van der Waals surface area contributed by atoms with E-state index < -0.39 is 0 Å². The number of fused-ring (bicyclic) bond motifs is 1. The first-order valence-corrected chi connectivity index (χ1v) is 11.1. The van der Waals surface area contributed by atoms with Gasteiger partial charge < -0.3 is 9.47 Å². The van der Waals surface area contributed by atoms with Gasteiger partial charge in [-0.05, 0) is 61.7 Å². The molecule has 30 heavy (non-hydrogen) atoms. The van der Waals surface area contributed by atoms with Crippen LogP contribution in [0.4, 0.5) is 11.4 Å². The third-order valence-corrected chi connectivity index (χ3v) is 6.27. The van der Waals surface area contributed by atoms with Crippen LogP contribution < -0.4 is 15.0 Å². The second kappa shape index (κ2) is 11.2. The van der Waals surface area contributed by atoms with Crippen LogP contribution in [0, 0.1) is 10.8 Å². The lowest BCUT2D eigenvalue weighted by Crippen LogP contribution is -2.03. The average Bonchev–Trinajstić information content (AvgIpc) is 2.73. The Kier molecular flexibility index (Phi) is 8.99. The molecule has 0 fully saturated rings. The van der Waals surface area contributed by atoms with Gasteiger partial charge >= 0.3 is 0 Å². The van der Waals surface area contributed by atoms with E-state index in [2.05, 4.69) is 44.4 Å². The number of anilines is 1. The monoisotopic (exact) mass is 432 g/mol. The molecule has 0 aliphatic rings. The molecule has 2 aromatic rings. The van der Waals surface area contributed by atoms with Gasteiger partial charge in [0, 0.05) is 10.8 Å². The molecule has 2 N–H and O–H groups in total. The smallest absolute Gasteiger partial charge is 0.133 e. The standard InChI is InChI=1S/C23H32N2O4S/c1-14(2)7-10-20(30-12-11-15(3)4)16-13-19(28-5)21-17(24-26)8-9-18(25-27)22(21)23(16)29-6/h7-9,13,15,20,24,26H,10-12H2,1-6H3/t20-/m0/s1. The molecule has 0 bridgehead atoms. The summed E-state index contributed by atoms with van der Waals surface area (Å²) in [5.74, 6) is 2.77. The van der Waals surface area contributed by atoms with E-state index in [1.165, 1.54) is 5.57 Å². The lowest BCUT2D eigenvalue weighted by atomic mass is 9.97. The van der Waals surface area contributed by atoms with Gasteiger partial charge in [-0.3, -0.25) is 10.7 Å². The molecule has 0 radical (unpaired) electrons. The van der Waals surface area contributed by atoms with Crippen LogP contribution in [0.15, 0.2) is 35.0 Å². The molecule has 2 rings (SSSR count). The number of rotatable bonds is 11. The van der Waals surface area contributed by atoms with Crippen molar-refractivity contribution < 1.29 is 14.7 Å². The first-order valence-electron chi connectivity index (χ1n) is 10.1. The van der Waals surface area contributed by atoms with Crippen molar-refractivity contribution in [2.45, 2.75) is 45.8 Å². The maximum Gasteiger partial charge on any atom is 0.133 e. The first kappa shape index (κ1) is 24.0. The number of ether oxygens (including phenoxy) is 2. The van der Waals surface area contributed by atoms with E-state index in [0.29, 0.717) is 33.9 Å². The molecule has 0 spiro atoms. The Labute approximate surface area is 183 Å². The van der Waals surface area contributed by atoms with Gasteiger partial charge in [0.15, 0.2) is 0 Å². The van der Waals surface area contributed by atoms with Crippen molar-refractivity contribution in [2.75, 3.05) is 25.5 Å². The van der Waals surface area contributed by atoms with Crippen molar-refractivity contribution in [1.29, 1.82) is 0 Å². The third-order valence-electron chi connectivity index (χ3n) is 4.95. The molecule has 164 valence electrons. The van der Waals surface area contributed by atoms with Crippen LogP contribution >= 0.6 is 11.8 Å². The number of methoxy groups -OCH3 is 2. The van der Waals surface area contributed by atoms with E-state index >= 15 is 0 Å². The van der Waals surface area contributed by atoms with Crippen LogP contribution in [0.25, 0.3) is 10.8 Å². The van der Waals surface area contributed by atoms with Gasteiger partial charge in [0.2, 0.25) is 0 Å². The Bertz CT molecular complexity index is 908. The Balaban J connectivity index is 2.75. The molecule has 0 saturated carbocycles. The molecular weight excluding hydrogens is 400 g/mol. The Morgan fingerprint density at radius 3 is 2.50 bits per heavy atom. The molecular formula is C23H32N2O4S. The fourth-order valence-corrected chi connectivity index (χ4v) is 4.84. The van der Waals surface area contributed by atoms with E-state index in [-0.39, 0.29) is 10.9 Å². The summed E-state index contributed by atoms with van der Waals surface area (Å²) in [4.78, 5) is 11.6.